The maximum absolute atomic E-state index is 12.4. The highest BCUT2D eigenvalue weighted by atomic mass is 79.9. The van der Waals surface area contributed by atoms with Crippen LogP contribution < -0.4 is 5.84 Å². The Labute approximate surface area is 112 Å². The number of hydrazine groups is 1. The van der Waals surface area contributed by atoms with Crippen molar-refractivity contribution >= 4 is 21.8 Å². The van der Waals surface area contributed by atoms with Gasteiger partial charge in [0.25, 0.3) is 0 Å². The summed E-state index contributed by atoms with van der Waals surface area (Å²) in [6, 6.07) is 0. The minimum Gasteiger partial charge on any atom is -0.275 e. The summed E-state index contributed by atoms with van der Waals surface area (Å²) in [5, 5.41) is 1.32. The van der Waals surface area contributed by atoms with E-state index in [-0.39, 0.29) is 21.7 Å². The molecule has 0 aliphatic heterocycles. The smallest absolute Gasteiger partial charge is 0.245 e. The zero-order valence-electron chi connectivity index (χ0n) is 11.1. The number of nitrogens with two attached hydrogens (primary N) is 1. The van der Waals surface area contributed by atoms with Crippen molar-refractivity contribution in [2.24, 2.45) is 11.8 Å². The number of nitrogens with zero attached hydrogens (tertiary/aromatic N) is 1. The molecule has 1 rings (SSSR count). The average molecular weight is 301 g/mol. The molecule has 0 aromatic carbocycles. The van der Waals surface area contributed by atoms with E-state index in [1.165, 1.54) is 5.01 Å². The van der Waals surface area contributed by atoms with Gasteiger partial charge in [0.05, 0.1) is 15.8 Å². The van der Waals surface area contributed by atoms with Gasteiger partial charge in [-0.25, -0.2) is 5.84 Å². The van der Waals surface area contributed by atoms with Crippen LogP contribution in [0.25, 0.3) is 0 Å². The van der Waals surface area contributed by atoms with Crippen LogP contribution in [-0.2, 0) is 4.79 Å². The van der Waals surface area contributed by atoms with E-state index in [2.05, 4.69) is 15.9 Å². The van der Waals surface area contributed by atoms with Crippen molar-refractivity contribution in [1.29, 1.82) is 0 Å². The molecule has 1 amide bonds. The predicted octanol–water partition coefficient (Wildman–Crippen LogP) is 2.77. The fraction of sp³-hybridized carbons (Fsp3) is 0.615. The molecule has 2 unspecified atom stereocenters. The lowest BCUT2D eigenvalue weighted by atomic mass is 9.83. The van der Waals surface area contributed by atoms with Crippen LogP contribution in [0.4, 0.5) is 0 Å². The Morgan fingerprint density at radius 1 is 1.53 bits per heavy atom. The first kappa shape index (κ1) is 14.5. The number of halogens is 1. The summed E-state index contributed by atoms with van der Waals surface area (Å²) in [4.78, 5) is 12.4. The number of carbonyl (C=O) groups excluding carboxylic acids is 1. The lowest BCUT2D eigenvalue weighted by Crippen LogP contribution is -2.55. The first-order valence-electron chi connectivity index (χ1n) is 5.71. The molecule has 2 atom stereocenters. The highest BCUT2D eigenvalue weighted by Gasteiger charge is 2.41. The highest BCUT2D eigenvalue weighted by Crippen LogP contribution is 2.39. The molecule has 0 saturated carbocycles. The van der Waals surface area contributed by atoms with E-state index in [1.807, 2.05) is 52.8 Å². The number of amides is 1. The monoisotopic (exact) mass is 300 g/mol. The van der Waals surface area contributed by atoms with E-state index < -0.39 is 0 Å². The van der Waals surface area contributed by atoms with Crippen molar-refractivity contribution in [1.82, 2.24) is 5.01 Å². The molecule has 1 aliphatic rings. The fourth-order valence-electron chi connectivity index (χ4n) is 1.69. The van der Waals surface area contributed by atoms with Crippen molar-refractivity contribution in [3.63, 3.8) is 0 Å². The number of allylic oxidation sites excluding steroid dienone is 3. The lowest BCUT2D eigenvalue weighted by Gasteiger charge is -2.39. The predicted molar refractivity (Wildman–Crippen MR) is 74.5 cm³/mol. The number of hydrogen-bond donors (Lipinski definition) is 1. The molecule has 0 heterocycles. The van der Waals surface area contributed by atoms with Gasteiger partial charge in [0, 0.05) is 0 Å². The molecular formula is C13H21BrN2O. The maximum atomic E-state index is 12.4. The van der Waals surface area contributed by atoms with Crippen LogP contribution in [-0.4, -0.2) is 20.8 Å². The van der Waals surface area contributed by atoms with Crippen LogP contribution >= 0.6 is 15.9 Å². The Morgan fingerprint density at radius 3 is 2.53 bits per heavy atom. The van der Waals surface area contributed by atoms with Crippen molar-refractivity contribution in [3.8, 4) is 0 Å². The molecule has 2 N–H and O–H groups in total. The topological polar surface area (TPSA) is 46.3 Å². The Kier molecular flexibility index (Phi) is 3.89. The molecule has 17 heavy (non-hydrogen) atoms. The first-order chi connectivity index (χ1) is 7.58. The van der Waals surface area contributed by atoms with Gasteiger partial charge < -0.3 is 0 Å². The fourth-order valence-corrected chi connectivity index (χ4v) is 2.18. The number of alkyl halides is 1. The zero-order valence-corrected chi connectivity index (χ0v) is 12.7. The van der Waals surface area contributed by atoms with Gasteiger partial charge in [-0.2, -0.15) is 0 Å². The molecule has 0 radical (unpaired) electrons. The SMILES string of the molecule is CC1=CC=CC(C(=O)N(N)C(C)(C)C)C1(C)Br. The summed E-state index contributed by atoms with van der Waals surface area (Å²) < 4.78 is -0.359. The third-order valence-electron chi connectivity index (χ3n) is 3.23. The van der Waals surface area contributed by atoms with Crippen molar-refractivity contribution < 1.29 is 4.79 Å². The third-order valence-corrected chi connectivity index (χ3v) is 4.35. The van der Waals surface area contributed by atoms with Crippen LogP contribution in [0.2, 0.25) is 0 Å². The summed E-state index contributed by atoms with van der Waals surface area (Å²) in [5.74, 6) is 5.57. The van der Waals surface area contributed by atoms with E-state index in [1.54, 1.807) is 0 Å². The van der Waals surface area contributed by atoms with E-state index in [4.69, 9.17) is 5.84 Å². The van der Waals surface area contributed by atoms with Gasteiger partial charge >= 0.3 is 0 Å². The van der Waals surface area contributed by atoms with E-state index in [0.717, 1.165) is 5.57 Å². The molecule has 3 nitrogen and oxygen atoms in total. The van der Waals surface area contributed by atoms with Crippen LogP contribution in [0.15, 0.2) is 23.8 Å². The summed E-state index contributed by atoms with van der Waals surface area (Å²) >= 11 is 3.64. The van der Waals surface area contributed by atoms with Crippen LogP contribution in [0.5, 0.6) is 0 Å². The molecule has 1 aliphatic carbocycles. The van der Waals surface area contributed by atoms with Gasteiger partial charge in [-0.15, -0.1) is 0 Å². The Hall–Kier alpha value is -0.610. The Bertz CT molecular complexity index is 377. The summed E-state index contributed by atoms with van der Waals surface area (Å²) in [6.07, 6.45) is 5.82. The Balaban J connectivity index is 2.99. The Morgan fingerprint density at radius 2 is 2.06 bits per heavy atom. The zero-order chi connectivity index (χ0) is 13.4. The normalized spacial score (nSPS) is 28.9. The molecule has 96 valence electrons. The molecule has 0 bridgehead atoms. The lowest BCUT2D eigenvalue weighted by molar-refractivity contribution is -0.139. The third kappa shape index (κ3) is 2.80. The quantitative estimate of drug-likeness (QED) is 0.350. The second-order valence-electron chi connectivity index (χ2n) is 5.67. The van der Waals surface area contributed by atoms with Crippen LogP contribution in [0.3, 0.4) is 0 Å². The number of carbonyl (C=O) groups is 1. The van der Waals surface area contributed by atoms with Crippen LogP contribution in [0, 0.1) is 5.92 Å². The molecule has 0 aromatic rings. The number of hydrogen-bond acceptors (Lipinski definition) is 2. The van der Waals surface area contributed by atoms with E-state index in [0.29, 0.717) is 0 Å². The van der Waals surface area contributed by atoms with Crippen molar-refractivity contribution in [2.75, 3.05) is 0 Å². The molecule has 0 fully saturated rings. The number of rotatable bonds is 1. The largest absolute Gasteiger partial charge is 0.275 e. The van der Waals surface area contributed by atoms with E-state index in [9.17, 15) is 4.79 Å². The van der Waals surface area contributed by atoms with Crippen molar-refractivity contribution in [3.05, 3.63) is 23.8 Å². The summed E-state index contributed by atoms with van der Waals surface area (Å²) in [6.45, 7) is 9.78. The average Bonchev–Trinajstić information content (AvgIpc) is 2.18. The highest BCUT2D eigenvalue weighted by molar-refractivity contribution is 9.10. The summed E-state index contributed by atoms with van der Waals surface area (Å²) in [5.41, 5.74) is 0.754. The molecule has 0 aromatic heterocycles. The van der Waals surface area contributed by atoms with Crippen LogP contribution in [0.1, 0.15) is 34.6 Å². The van der Waals surface area contributed by atoms with Gasteiger partial charge in [0.2, 0.25) is 5.91 Å². The van der Waals surface area contributed by atoms with Gasteiger partial charge in [0.15, 0.2) is 0 Å². The van der Waals surface area contributed by atoms with Gasteiger partial charge in [-0.3, -0.25) is 9.80 Å². The molecule has 0 spiro atoms. The minimum absolute atomic E-state index is 0.0689. The maximum Gasteiger partial charge on any atom is 0.245 e. The van der Waals surface area contributed by atoms with Gasteiger partial charge in [0.1, 0.15) is 0 Å². The standard InChI is InChI=1S/C13H21BrN2O/c1-9-7-6-8-10(13(9,5)14)11(17)16(15)12(2,3)4/h6-8,10H,15H2,1-5H3. The van der Waals surface area contributed by atoms with Crippen molar-refractivity contribution in [2.45, 2.75) is 44.5 Å². The first-order valence-corrected chi connectivity index (χ1v) is 6.51. The molecule has 0 saturated heterocycles. The second kappa shape index (κ2) is 4.58. The minimum atomic E-state index is -0.372. The molecule has 4 heteroatoms. The van der Waals surface area contributed by atoms with E-state index >= 15 is 0 Å². The second-order valence-corrected chi connectivity index (χ2v) is 7.31. The molecular weight excluding hydrogens is 280 g/mol. The van der Waals surface area contributed by atoms with Gasteiger partial charge in [-0.05, 0) is 34.6 Å². The summed E-state index contributed by atoms with van der Waals surface area (Å²) in [7, 11) is 0. The van der Waals surface area contributed by atoms with Gasteiger partial charge in [-0.1, -0.05) is 39.7 Å².